The van der Waals surface area contributed by atoms with E-state index in [4.69, 9.17) is 0 Å². The highest BCUT2D eigenvalue weighted by Crippen LogP contribution is 2.31. The van der Waals surface area contributed by atoms with Gasteiger partial charge in [0.05, 0.1) is 0 Å². The van der Waals surface area contributed by atoms with Gasteiger partial charge in [-0.05, 0) is 48.2 Å². The summed E-state index contributed by atoms with van der Waals surface area (Å²) in [5.74, 6) is -1.57. The van der Waals surface area contributed by atoms with Crippen LogP contribution in [-0.2, 0) is 6.42 Å². The summed E-state index contributed by atoms with van der Waals surface area (Å²) in [5.41, 5.74) is 2.53. The maximum atomic E-state index is 13.6. The van der Waals surface area contributed by atoms with Crippen LogP contribution in [0.5, 0.6) is 0 Å². The molecular formula is C15H12Br2F2. The quantitative estimate of drug-likeness (QED) is 0.589. The second-order valence-electron chi connectivity index (χ2n) is 4.45. The molecule has 0 aliphatic carbocycles. The molecule has 0 amide bonds. The maximum Gasteiger partial charge on any atom is 0.162 e. The third-order valence-corrected chi connectivity index (χ3v) is 4.17. The van der Waals surface area contributed by atoms with Crippen LogP contribution in [0.25, 0.3) is 0 Å². The number of aryl methyl sites for hydroxylation is 1. The van der Waals surface area contributed by atoms with Gasteiger partial charge in [0, 0.05) is 9.30 Å². The van der Waals surface area contributed by atoms with Gasteiger partial charge in [0.1, 0.15) is 0 Å². The average molecular weight is 390 g/mol. The summed E-state index contributed by atoms with van der Waals surface area (Å²) in [5, 5.41) is 0. The molecule has 0 saturated carbocycles. The van der Waals surface area contributed by atoms with Gasteiger partial charge in [0.2, 0.25) is 0 Å². The average Bonchev–Trinajstić information content (AvgIpc) is 2.33. The lowest BCUT2D eigenvalue weighted by molar-refractivity contribution is 0.498. The standard InChI is InChI=1S/C15H12Br2F2/c1-9-5-11(7-12(16)6-9)13(17)8-10-3-2-4-14(18)15(10)19/h2-7,13H,8H2,1H3. The Morgan fingerprint density at radius 2 is 1.89 bits per heavy atom. The molecular weight excluding hydrogens is 378 g/mol. The fourth-order valence-corrected chi connectivity index (χ4v) is 3.20. The van der Waals surface area contributed by atoms with Crippen molar-refractivity contribution < 1.29 is 8.78 Å². The SMILES string of the molecule is Cc1cc(Br)cc(C(Br)Cc2cccc(F)c2F)c1. The van der Waals surface area contributed by atoms with Gasteiger partial charge in [-0.2, -0.15) is 0 Å². The minimum absolute atomic E-state index is 0.0556. The number of hydrogen-bond donors (Lipinski definition) is 0. The molecule has 0 aromatic heterocycles. The van der Waals surface area contributed by atoms with Gasteiger partial charge in [0.15, 0.2) is 11.6 Å². The molecule has 0 radical (unpaired) electrons. The van der Waals surface area contributed by atoms with E-state index in [0.717, 1.165) is 21.7 Å². The van der Waals surface area contributed by atoms with Gasteiger partial charge in [-0.3, -0.25) is 0 Å². The van der Waals surface area contributed by atoms with Gasteiger partial charge >= 0.3 is 0 Å². The second kappa shape index (κ2) is 6.14. The molecule has 1 unspecified atom stereocenters. The van der Waals surface area contributed by atoms with Crippen LogP contribution < -0.4 is 0 Å². The van der Waals surface area contributed by atoms with Crippen molar-refractivity contribution in [2.24, 2.45) is 0 Å². The highest BCUT2D eigenvalue weighted by molar-refractivity contribution is 9.10. The zero-order valence-electron chi connectivity index (χ0n) is 10.3. The molecule has 0 spiro atoms. The zero-order chi connectivity index (χ0) is 14.0. The first-order valence-corrected chi connectivity index (χ1v) is 7.52. The Balaban J connectivity index is 2.25. The number of hydrogen-bond acceptors (Lipinski definition) is 0. The smallest absolute Gasteiger partial charge is 0.162 e. The minimum Gasteiger partial charge on any atom is -0.204 e. The molecule has 0 heterocycles. The zero-order valence-corrected chi connectivity index (χ0v) is 13.4. The molecule has 0 aliphatic heterocycles. The van der Waals surface area contributed by atoms with Crippen LogP contribution in [0.2, 0.25) is 0 Å². The second-order valence-corrected chi connectivity index (χ2v) is 6.47. The molecule has 0 bridgehead atoms. The first kappa shape index (κ1) is 14.7. The summed E-state index contributed by atoms with van der Waals surface area (Å²) < 4.78 is 27.8. The third-order valence-electron chi connectivity index (χ3n) is 2.86. The Bertz CT molecular complexity index is 576. The van der Waals surface area contributed by atoms with E-state index in [-0.39, 0.29) is 4.83 Å². The predicted molar refractivity (Wildman–Crippen MR) is 80.6 cm³/mol. The Morgan fingerprint density at radius 3 is 2.58 bits per heavy atom. The summed E-state index contributed by atoms with van der Waals surface area (Å²) >= 11 is 6.98. The van der Waals surface area contributed by atoms with E-state index >= 15 is 0 Å². The first-order valence-electron chi connectivity index (χ1n) is 5.81. The molecule has 100 valence electrons. The molecule has 0 fully saturated rings. The van der Waals surface area contributed by atoms with Crippen molar-refractivity contribution in [3.8, 4) is 0 Å². The van der Waals surface area contributed by atoms with E-state index in [9.17, 15) is 8.78 Å². The molecule has 2 rings (SSSR count). The van der Waals surface area contributed by atoms with Crippen molar-refractivity contribution in [2.45, 2.75) is 18.2 Å². The maximum absolute atomic E-state index is 13.6. The predicted octanol–water partition coefficient (Wildman–Crippen LogP) is 5.71. The van der Waals surface area contributed by atoms with Crippen molar-refractivity contribution in [3.05, 3.63) is 69.2 Å². The van der Waals surface area contributed by atoms with Crippen LogP contribution in [0.4, 0.5) is 8.78 Å². The van der Waals surface area contributed by atoms with E-state index in [0.29, 0.717) is 12.0 Å². The van der Waals surface area contributed by atoms with E-state index in [1.165, 1.54) is 6.07 Å². The van der Waals surface area contributed by atoms with Crippen molar-refractivity contribution in [3.63, 3.8) is 0 Å². The van der Waals surface area contributed by atoms with Crippen LogP contribution in [0.3, 0.4) is 0 Å². The van der Waals surface area contributed by atoms with Gasteiger partial charge in [0.25, 0.3) is 0 Å². The molecule has 0 aliphatic rings. The normalized spacial score (nSPS) is 12.5. The molecule has 2 aromatic rings. The molecule has 0 N–H and O–H groups in total. The van der Waals surface area contributed by atoms with Crippen LogP contribution >= 0.6 is 31.9 Å². The van der Waals surface area contributed by atoms with E-state index in [1.807, 2.05) is 25.1 Å². The van der Waals surface area contributed by atoms with Crippen molar-refractivity contribution in [1.29, 1.82) is 0 Å². The van der Waals surface area contributed by atoms with E-state index in [1.54, 1.807) is 6.07 Å². The Kier molecular flexibility index (Phi) is 4.74. The Labute approximate surface area is 128 Å². The van der Waals surface area contributed by atoms with Crippen LogP contribution in [0.1, 0.15) is 21.5 Å². The molecule has 4 heteroatoms. The summed E-state index contributed by atoms with van der Waals surface area (Å²) in [6.45, 7) is 2.00. The van der Waals surface area contributed by atoms with Crippen LogP contribution in [0.15, 0.2) is 40.9 Å². The van der Waals surface area contributed by atoms with Crippen molar-refractivity contribution in [1.82, 2.24) is 0 Å². The summed E-state index contributed by atoms with van der Waals surface area (Å²) in [6.07, 6.45) is 0.402. The fraction of sp³-hybridized carbons (Fsp3) is 0.200. The molecule has 19 heavy (non-hydrogen) atoms. The summed E-state index contributed by atoms with van der Waals surface area (Å²) in [7, 11) is 0. The number of benzene rings is 2. The number of rotatable bonds is 3. The summed E-state index contributed by atoms with van der Waals surface area (Å²) in [6, 6.07) is 10.3. The largest absolute Gasteiger partial charge is 0.204 e. The topological polar surface area (TPSA) is 0 Å². The van der Waals surface area contributed by atoms with Crippen LogP contribution in [0, 0.1) is 18.6 Å². The van der Waals surface area contributed by atoms with Gasteiger partial charge < -0.3 is 0 Å². The summed E-state index contributed by atoms with van der Waals surface area (Å²) in [4.78, 5) is -0.0556. The molecule has 2 aromatic carbocycles. The van der Waals surface area contributed by atoms with Gasteiger partial charge in [-0.15, -0.1) is 0 Å². The van der Waals surface area contributed by atoms with E-state index in [2.05, 4.69) is 31.9 Å². The minimum atomic E-state index is -0.803. The van der Waals surface area contributed by atoms with Crippen molar-refractivity contribution >= 4 is 31.9 Å². The Hall–Kier alpha value is -0.740. The lowest BCUT2D eigenvalue weighted by Gasteiger charge is -2.12. The van der Waals surface area contributed by atoms with E-state index < -0.39 is 11.6 Å². The third kappa shape index (κ3) is 3.63. The monoisotopic (exact) mass is 388 g/mol. The van der Waals surface area contributed by atoms with Crippen molar-refractivity contribution in [2.75, 3.05) is 0 Å². The van der Waals surface area contributed by atoms with Crippen LogP contribution in [-0.4, -0.2) is 0 Å². The lowest BCUT2D eigenvalue weighted by Crippen LogP contribution is -2.00. The number of halogens is 4. The lowest BCUT2D eigenvalue weighted by atomic mass is 10.0. The fourth-order valence-electron chi connectivity index (χ4n) is 1.96. The highest BCUT2D eigenvalue weighted by atomic mass is 79.9. The molecule has 1 atom stereocenters. The molecule has 0 nitrogen and oxygen atoms in total. The van der Waals surface area contributed by atoms with Gasteiger partial charge in [-0.25, -0.2) is 8.78 Å². The van der Waals surface area contributed by atoms with Gasteiger partial charge in [-0.1, -0.05) is 50.1 Å². The Morgan fingerprint density at radius 1 is 1.16 bits per heavy atom. The highest BCUT2D eigenvalue weighted by Gasteiger charge is 2.14. The number of alkyl halides is 1. The first-order chi connectivity index (χ1) is 8.97. The molecule has 0 saturated heterocycles.